The molecule has 0 saturated heterocycles. The molecule has 6 nitrogen and oxygen atoms in total. The van der Waals surface area contributed by atoms with Crippen LogP contribution in [-0.2, 0) is 4.79 Å². The maximum atomic E-state index is 13.7. The first-order chi connectivity index (χ1) is 18.5. The van der Waals surface area contributed by atoms with Crippen molar-refractivity contribution in [1.82, 2.24) is 15.0 Å². The average molecular weight is 504 g/mol. The van der Waals surface area contributed by atoms with Gasteiger partial charge in [0.15, 0.2) is 0 Å². The number of amides is 1. The molecule has 0 bridgehead atoms. The molecule has 0 aliphatic carbocycles. The standard InChI is InChI=1S/C32H33N5O/c1-5-36(6-2)26-17-18-30(23(4)19-26)37-34-28-20-22(3)27(21-29(28)35-37)33-32(38)31(24-13-9-7-10-14-24)25-15-11-8-12-16-25/h7-21,31H,5-6H2,1-4H3,(H,33,38). The van der Waals surface area contributed by atoms with Crippen LogP contribution in [0.5, 0.6) is 0 Å². The molecule has 192 valence electrons. The molecule has 1 aromatic heterocycles. The Morgan fingerprint density at radius 2 is 1.37 bits per heavy atom. The molecule has 1 amide bonds. The van der Waals surface area contributed by atoms with Crippen molar-refractivity contribution in [3.63, 3.8) is 0 Å². The zero-order valence-corrected chi connectivity index (χ0v) is 22.3. The SMILES string of the molecule is CCN(CC)c1ccc(-n2nc3cc(C)c(NC(=O)C(c4ccccc4)c4ccccc4)cc3n2)c(C)c1. The summed E-state index contributed by atoms with van der Waals surface area (Å²) in [6, 6.07) is 30.0. The molecule has 5 aromatic rings. The molecule has 0 aliphatic heterocycles. The lowest BCUT2D eigenvalue weighted by Crippen LogP contribution is -2.22. The molecule has 5 rings (SSSR count). The highest BCUT2D eigenvalue weighted by molar-refractivity contribution is 6.00. The number of anilines is 2. The van der Waals surface area contributed by atoms with Crippen molar-refractivity contribution in [2.45, 2.75) is 33.6 Å². The summed E-state index contributed by atoms with van der Waals surface area (Å²) < 4.78 is 0. The van der Waals surface area contributed by atoms with Crippen molar-refractivity contribution in [3.05, 3.63) is 113 Å². The Morgan fingerprint density at radius 3 is 1.92 bits per heavy atom. The molecule has 0 radical (unpaired) electrons. The third-order valence-electron chi connectivity index (χ3n) is 7.04. The number of aryl methyl sites for hydroxylation is 2. The van der Waals surface area contributed by atoms with Crippen LogP contribution in [0.25, 0.3) is 16.7 Å². The highest BCUT2D eigenvalue weighted by atomic mass is 16.1. The number of hydrogen-bond donors (Lipinski definition) is 1. The Labute approximate surface area is 223 Å². The lowest BCUT2D eigenvalue weighted by molar-refractivity contribution is -0.116. The first-order valence-corrected chi connectivity index (χ1v) is 13.1. The third-order valence-corrected chi connectivity index (χ3v) is 7.04. The number of nitrogens with one attached hydrogen (secondary N) is 1. The van der Waals surface area contributed by atoms with E-state index in [4.69, 9.17) is 10.2 Å². The van der Waals surface area contributed by atoms with Gasteiger partial charge in [-0.2, -0.15) is 4.80 Å². The van der Waals surface area contributed by atoms with Crippen LogP contribution in [0.1, 0.15) is 42.0 Å². The monoisotopic (exact) mass is 503 g/mol. The van der Waals surface area contributed by atoms with Crippen LogP contribution < -0.4 is 10.2 Å². The molecule has 0 unspecified atom stereocenters. The number of carbonyl (C=O) groups is 1. The van der Waals surface area contributed by atoms with Crippen molar-refractivity contribution in [1.29, 1.82) is 0 Å². The minimum Gasteiger partial charge on any atom is -0.372 e. The lowest BCUT2D eigenvalue weighted by Gasteiger charge is -2.22. The number of nitrogens with zero attached hydrogens (tertiary/aromatic N) is 4. The van der Waals surface area contributed by atoms with Gasteiger partial charge in [-0.1, -0.05) is 60.7 Å². The predicted molar refractivity (Wildman–Crippen MR) is 155 cm³/mol. The first kappa shape index (κ1) is 25.2. The van der Waals surface area contributed by atoms with E-state index in [0.717, 1.165) is 57.8 Å². The number of fused-ring (bicyclic) bond motifs is 1. The van der Waals surface area contributed by atoms with Gasteiger partial charge in [0.1, 0.15) is 11.0 Å². The molecular formula is C32H33N5O. The number of carbonyl (C=O) groups excluding carboxylic acids is 1. The highest BCUT2D eigenvalue weighted by Gasteiger charge is 2.23. The Hall–Kier alpha value is -4.45. The molecule has 38 heavy (non-hydrogen) atoms. The quantitative estimate of drug-likeness (QED) is 0.257. The van der Waals surface area contributed by atoms with E-state index in [1.807, 2.05) is 79.7 Å². The van der Waals surface area contributed by atoms with Gasteiger partial charge in [0.2, 0.25) is 5.91 Å². The Morgan fingerprint density at radius 1 is 0.789 bits per heavy atom. The third kappa shape index (κ3) is 5.02. The summed E-state index contributed by atoms with van der Waals surface area (Å²) in [5, 5.41) is 12.7. The average Bonchev–Trinajstić information content (AvgIpc) is 3.33. The second kappa shape index (κ2) is 10.9. The Bertz CT molecular complexity index is 1520. The summed E-state index contributed by atoms with van der Waals surface area (Å²) in [4.78, 5) is 17.7. The fraction of sp³-hybridized carbons (Fsp3) is 0.219. The van der Waals surface area contributed by atoms with Crippen LogP contribution in [-0.4, -0.2) is 34.0 Å². The minimum atomic E-state index is -0.421. The molecule has 4 aromatic carbocycles. The second-order valence-corrected chi connectivity index (χ2v) is 9.53. The van der Waals surface area contributed by atoms with E-state index < -0.39 is 5.92 Å². The Kier molecular flexibility index (Phi) is 7.22. The fourth-order valence-corrected chi connectivity index (χ4v) is 4.95. The summed E-state index contributed by atoms with van der Waals surface area (Å²) in [6.07, 6.45) is 0. The van der Waals surface area contributed by atoms with E-state index in [1.54, 1.807) is 4.80 Å². The molecule has 0 spiro atoms. The van der Waals surface area contributed by atoms with Gasteiger partial charge in [0.25, 0.3) is 0 Å². The highest BCUT2D eigenvalue weighted by Crippen LogP contribution is 2.29. The van der Waals surface area contributed by atoms with Crippen LogP contribution in [0.2, 0.25) is 0 Å². The van der Waals surface area contributed by atoms with E-state index in [1.165, 1.54) is 5.69 Å². The smallest absolute Gasteiger partial charge is 0.236 e. The van der Waals surface area contributed by atoms with Crippen molar-refractivity contribution < 1.29 is 4.79 Å². The van der Waals surface area contributed by atoms with Crippen LogP contribution in [0.3, 0.4) is 0 Å². The topological polar surface area (TPSA) is 63.1 Å². The molecule has 0 fully saturated rings. The number of aromatic nitrogens is 3. The van der Waals surface area contributed by atoms with Crippen molar-refractivity contribution in [2.75, 3.05) is 23.3 Å². The molecule has 0 atom stereocenters. The van der Waals surface area contributed by atoms with Crippen LogP contribution in [0.4, 0.5) is 11.4 Å². The zero-order chi connectivity index (χ0) is 26.6. The molecular weight excluding hydrogens is 470 g/mol. The molecule has 0 aliphatic rings. The van der Waals surface area contributed by atoms with Crippen LogP contribution in [0, 0.1) is 13.8 Å². The van der Waals surface area contributed by atoms with Crippen molar-refractivity contribution in [2.24, 2.45) is 0 Å². The maximum Gasteiger partial charge on any atom is 0.236 e. The van der Waals surface area contributed by atoms with E-state index in [-0.39, 0.29) is 5.91 Å². The van der Waals surface area contributed by atoms with E-state index in [0.29, 0.717) is 0 Å². The largest absolute Gasteiger partial charge is 0.372 e. The maximum absolute atomic E-state index is 13.7. The molecule has 1 heterocycles. The van der Waals surface area contributed by atoms with Gasteiger partial charge in [-0.25, -0.2) is 0 Å². The van der Waals surface area contributed by atoms with Gasteiger partial charge >= 0.3 is 0 Å². The lowest BCUT2D eigenvalue weighted by atomic mass is 9.90. The minimum absolute atomic E-state index is 0.0833. The van der Waals surface area contributed by atoms with Gasteiger partial charge in [-0.05, 0) is 80.3 Å². The number of hydrogen-bond acceptors (Lipinski definition) is 4. The van der Waals surface area contributed by atoms with Gasteiger partial charge in [-0.3, -0.25) is 4.79 Å². The Balaban J connectivity index is 1.46. The molecule has 6 heteroatoms. The van der Waals surface area contributed by atoms with E-state index >= 15 is 0 Å². The normalized spacial score (nSPS) is 11.2. The van der Waals surface area contributed by atoms with E-state index in [2.05, 4.69) is 49.2 Å². The van der Waals surface area contributed by atoms with Gasteiger partial charge < -0.3 is 10.2 Å². The van der Waals surface area contributed by atoms with Gasteiger partial charge in [-0.15, -0.1) is 10.2 Å². The van der Waals surface area contributed by atoms with E-state index in [9.17, 15) is 4.79 Å². The predicted octanol–water partition coefficient (Wildman–Crippen LogP) is 6.65. The van der Waals surface area contributed by atoms with Crippen LogP contribution in [0.15, 0.2) is 91.0 Å². The summed E-state index contributed by atoms with van der Waals surface area (Å²) in [5.74, 6) is -0.504. The van der Waals surface area contributed by atoms with Gasteiger partial charge in [0.05, 0.1) is 11.6 Å². The van der Waals surface area contributed by atoms with Crippen molar-refractivity contribution >= 4 is 28.3 Å². The fourth-order valence-electron chi connectivity index (χ4n) is 4.95. The van der Waals surface area contributed by atoms with Gasteiger partial charge in [0, 0.05) is 24.5 Å². The second-order valence-electron chi connectivity index (χ2n) is 9.53. The summed E-state index contributed by atoms with van der Waals surface area (Å²) in [5.41, 5.74) is 8.33. The summed E-state index contributed by atoms with van der Waals surface area (Å²) in [6.45, 7) is 10.3. The first-order valence-electron chi connectivity index (χ1n) is 13.1. The number of benzene rings is 4. The van der Waals surface area contributed by atoms with Crippen LogP contribution >= 0.6 is 0 Å². The summed E-state index contributed by atoms with van der Waals surface area (Å²) in [7, 11) is 0. The molecule has 0 saturated carbocycles. The zero-order valence-electron chi connectivity index (χ0n) is 22.3. The van der Waals surface area contributed by atoms with Crippen molar-refractivity contribution in [3.8, 4) is 5.69 Å². The summed E-state index contributed by atoms with van der Waals surface area (Å²) >= 11 is 0. The molecule has 1 N–H and O–H groups in total. The number of rotatable bonds is 8.